The molecule has 0 saturated heterocycles. The van der Waals surface area contributed by atoms with E-state index in [1.165, 1.54) is 19.1 Å². The molecule has 0 atom stereocenters. The van der Waals surface area contributed by atoms with Crippen molar-refractivity contribution in [2.75, 3.05) is 0 Å². The number of hydrogen-bond acceptors (Lipinski definition) is 3. The van der Waals surface area contributed by atoms with Gasteiger partial charge in [-0.2, -0.15) is 0 Å². The van der Waals surface area contributed by atoms with Crippen LogP contribution in [0, 0.1) is 12.7 Å². The molecule has 1 aromatic carbocycles. The molecule has 0 saturated carbocycles. The van der Waals surface area contributed by atoms with Crippen molar-refractivity contribution in [2.24, 2.45) is 0 Å². The van der Waals surface area contributed by atoms with Gasteiger partial charge in [-0.1, -0.05) is 16.8 Å². The molecule has 0 radical (unpaired) electrons. The summed E-state index contributed by atoms with van der Waals surface area (Å²) in [5.74, 6) is -1.67. The third-order valence-corrected chi connectivity index (χ3v) is 2.55. The first-order valence-electron chi connectivity index (χ1n) is 4.65. The molecule has 0 aliphatic rings. The van der Waals surface area contributed by atoms with Gasteiger partial charge in [0.25, 0.3) is 0 Å². The monoisotopic (exact) mass is 255 g/mol. The Balaban J connectivity index is 2.60. The fraction of sp³-hybridized carbons (Fsp3) is 0.0909. The molecule has 17 heavy (non-hydrogen) atoms. The summed E-state index contributed by atoms with van der Waals surface area (Å²) in [5.41, 5.74) is 0.579. The molecule has 88 valence electrons. The van der Waals surface area contributed by atoms with Gasteiger partial charge in [0.1, 0.15) is 11.4 Å². The van der Waals surface area contributed by atoms with E-state index in [0.717, 1.165) is 6.07 Å². The Bertz CT molecular complexity index is 594. The third-order valence-electron chi connectivity index (χ3n) is 2.26. The maximum Gasteiger partial charge on any atom is 0.341 e. The molecule has 1 N–H and O–H groups in total. The van der Waals surface area contributed by atoms with Crippen molar-refractivity contribution in [3.63, 3.8) is 0 Å². The van der Waals surface area contributed by atoms with Crippen molar-refractivity contribution in [1.82, 2.24) is 5.16 Å². The second kappa shape index (κ2) is 4.18. The van der Waals surface area contributed by atoms with Crippen molar-refractivity contribution in [3.05, 3.63) is 40.3 Å². The Kier molecular flexibility index (Phi) is 2.85. The van der Waals surface area contributed by atoms with Crippen LogP contribution in [0.25, 0.3) is 11.3 Å². The van der Waals surface area contributed by atoms with E-state index in [0.29, 0.717) is 5.56 Å². The first-order chi connectivity index (χ1) is 8.00. The molecule has 0 aliphatic carbocycles. The fourth-order valence-corrected chi connectivity index (χ4v) is 1.64. The second-order valence-electron chi connectivity index (χ2n) is 3.41. The molecule has 4 nitrogen and oxygen atoms in total. The molecule has 2 aromatic rings. The number of nitrogens with zero attached hydrogens (tertiary/aromatic N) is 1. The molecule has 1 heterocycles. The standard InChI is InChI=1S/C11H7ClFNO3/c1-5-9(11(15)16)10(17-14-5)6-2-3-8(13)7(12)4-6/h2-4H,1H3,(H,15,16). The molecule has 0 fully saturated rings. The number of carboxylic acid groups (broad SMARTS) is 1. The average molecular weight is 256 g/mol. The Morgan fingerprint density at radius 2 is 2.24 bits per heavy atom. The minimum absolute atomic E-state index is 0.0484. The summed E-state index contributed by atoms with van der Waals surface area (Å²) < 4.78 is 17.9. The summed E-state index contributed by atoms with van der Waals surface area (Å²) in [6.07, 6.45) is 0. The van der Waals surface area contributed by atoms with Crippen LogP contribution >= 0.6 is 11.6 Å². The minimum atomic E-state index is -1.15. The number of rotatable bonds is 2. The Morgan fingerprint density at radius 3 is 2.82 bits per heavy atom. The van der Waals surface area contributed by atoms with Crippen LogP contribution in [0.1, 0.15) is 16.1 Å². The SMILES string of the molecule is Cc1noc(-c2ccc(F)c(Cl)c2)c1C(=O)O. The van der Waals surface area contributed by atoms with Gasteiger partial charge in [0.05, 0.1) is 10.7 Å². The summed E-state index contributed by atoms with van der Waals surface area (Å²) in [5, 5.41) is 12.5. The summed E-state index contributed by atoms with van der Waals surface area (Å²) >= 11 is 5.62. The van der Waals surface area contributed by atoms with Gasteiger partial charge >= 0.3 is 5.97 Å². The first kappa shape index (κ1) is 11.6. The van der Waals surface area contributed by atoms with Gasteiger partial charge in [-0.25, -0.2) is 9.18 Å². The lowest BCUT2D eigenvalue weighted by Crippen LogP contribution is -1.99. The normalized spacial score (nSPS) is 10.5. The van der Waals surface area contributed by atoms with Crippen molar-refractivity contribution >= 4 is 17.6 Å². The highest BCUT2D eigenvalue weighted by molar-refractivity contribution is 6.31. The lowest BCUT2D eigenvalue weighted by molar-refractivity contribution is 0.0696. The van der Waals surface area contributed by atoms with Crippen LogP contribution in [-0.2, 0) is 0 Å². The number of carboxylic acids is 1. The van der Waals surface area contributed by atoms with Crippen molar-refractivity contribution in [2.45, 2.75) is 6.92 Å². The topological polar surface area (TPSA) is 63.3 Å². The van der Waals surface area contributed by atoms with Gasteiger partial charge in [0.2, 0.25) is 0 Å². The van der Waals surface area contributed by atoms with Gasteiger partial charge in [-0.15, -0.1) is 0 Å². The van der Waals surface area contributed by atoms with Gasteiger partial charge in [-0.3, -0.25) is 0 Å². The summed E-state index contributed by atoms with van der Waals surface area (Å²) in [6.45, 7) is 1.52. The van der Waals surface area contributed by atoms with Crippen LogP contribution in [0.15, 0.2) is 22.7 Å². The Labute approximate surface area is 101 Å². The number of hydrogen-bond donors (Lipinski definition) is 1. The number of aryl methyl sites for hydroxylation is 1. The largest absolute Gasteiger partial charge is 0.477 e. The molecule has 2 rings (SSSR count). The predicted molar refractivity (Wildman–Crippen MR) is 58.6 cm³/mol. The van der Waals surface area contributed by atoms with E-state index in [2.05, 4.69) is 5.16 Å². The predicted octanol–water partition coefficient (Wildman–Crippen LogP) is 3.14. The molecule has 0 unspecified atom stereocenters. The quantitative estimate of drug-likeness (QED) is 0.895. The van der Waals surface area contributed by atoms with Crippen LogP contribution in [-0.4, -0.2) is 16.2 Å². The first-order valence-corrected chi connectivity index (χ1v) is 5.03. The van der Waals surface area contributed by atoms with E-state index >= 15 is 0 Å². The molecule has 0 spiro atoms. The minimum Gasteiger partial charge on any atom is -0.477 e. The van der Waals surface area contributed by atoms with E-state index in [9.17, 15) is 9.18 Å². The van der Waals surface area contributed by atoms with E-state index in [1.807, 2.05) is 0 Å². The molecular weight excluding hydrogens is 249 g/mol. The fourth-order valence-electron chi connectivity index (χ4n) is 1.46. The zero-order valence-electron chi connectivity index (χ0n) is 8.70. The van der Waals surface area contributed by atoms with Crippen LogP contribution in [0.5, 0.6) is 0 Å². The smallest absolute Gasteiger partial charge is 0.341 e. The number of benzene rings is 1. The number of carbonyl (C=O) groups is 1. The lowest BCUT2D eigenvalue weighted by atomic mass is 10.1. The Morgan fingerprint density at radius 1 is 1.53 bits per heavy atom. The third kappa shape index (κ3) is 2.01. The van der Waals surface area contributed by atoms with Crippen LogP contribution in [0.2, 0.25) is 5.02 Å². The molecule has 0 bridgehead atoms. The maximum absolute atomic E-state index is 13.0. The van der Waals surface area contributed by atoms with E-state index in [4.69, 9.17) is 21.2 Å². The van der Waals surface area contributed by atoms with Gasteiger partial charge < -0.3 is 9.63 Å². The summed E-state index contributed by atoms with van der Waals surface area (Å²) in [4.78, 5) is 11.0. The highest BCUT2D eigenvalue weighted by Crippen LogP contribution is 2.29. The molecule has 1 aromatic heterocycles. The summed E-state index contributed by atoms with van der Waals surface area (Å²) in [7, 11) is 0. The van der Waals surface area contributed by atoms with Gasteiger partial charge in [-0.05, 0) is 25.1 Å². The highest BCUT2D eigenvalue weighted by Gasteiger charge is 2.21. The van der Waals surface area contributed by atoms with Gasteiger partial charge in [0, 0.05) is 5.56 Å². The van der Waals surface area contributed by atoms with Crippen molar-refractivity contribution < 1.29 is 18.8 Å². The van der Waals surface area contributed by atoms with Crippen LogP contribution in [0.4, 0.5) is 4.39 Å². The molecule has 0 amide bonds. The number of aromatic carboxylic acids is 1. The number of halogens is 2. The van der Waals surface area contributed by atoms with Crippen LogP contribution in [0.3, 0.4) is 0 Å². The average Bonchev–Trinajstić information content (AvgIpc) is 2.64. The maximum atomic E-state index is 13.0. The van der Waals surface area contributed by atoms with E-state index in [-0.39, 0.29) is 22.0 Å². The zero-order valence-corrected chi connectivity index (χ0v) is 9.45. The molecule has 0 aliphatic heterocycles. The molecular formula is C11H7ClFNO3. The number of aromatic nitrogens is 1. The second-order valence-corrected chi connectivity index (χ2v) is 3.81. The van der Waals surface area contributed by atoms with Gasteiger partial charge in [0.15, 0.2) is 5.76 Å². The Hall–Kier alpha value is -1.88. The van der Waals surface area contributed by atoms with E-state index in [1.54, 1.807) is 0 Å². The highest BCUT2D eigenvalue weighted by atomic mass is 35.5. The molecule has 6 heteroatoms. The zero-order chi connectivity index (χ0) is 12.6. The van der Waals surface area contributed by atoms with Crippen molar-refractivity contribution in [1.29, 1.82) is 0 Å². The lowest BCUT2D eigenvalue weighted by Gasteiger charge is -2.00. The summed E-state index contributed by atoms with van der Waals surface area (Å²) in [6, 6.07) is 3.82. The van der Waals surface area contributed by atoms with Crippen LogP contribution < -0.4 is 0 Å². The van der Waals surface area contributed by atoms with E-state index < -0.39 is 11.8 Å². The van der Waals surface area contributed by atoms with Crippen molar-refractivity contribution in [3.8, 4) is 11.3 Å².